The van der Waals surface area contributed by atoms with Crippen molar-refractivity contribution in [2.24, 2.45) is 0 Å². The van der Waals surface area contributed by atoms with E-state index in [4.69, 9.17) is 5.73 Å². The van der Waals surface area contributed by atoms with E-state index in [1.165, 1.54) is 0 Å². The second-order valence-electron chi connectivity index (χ2n) is 5.62. The minimum atomic E-state index is -0.384. The van der Waals surface area contributed by atoms with Crippen LogP contribution in [0.1, 0.15) is 24.0 Å². The first-order chi connectivity index (χ1) is 10.0. The number of amides is 1. The number of aryl methyl sites for hydroxylation is 1. The lowest BCUT2D eigenvalue weighted by molar-refractivity contribution is -0.118. The summed E-state index contributed by atoms with van der Waals surface area (Å²) in [4.78, 5) is 12.6. The molecule has 0 bridgehead atoms. The highest BCUT2D eigenvalue weighted by Gasteiger charge is 2.51. The van der Waals surface area contributed by atoms with Gasteiger partial charge < -0.3 is 11.1 Å². The van der Waals surface area contributed by atoms with Crippen molar-refractivity contribution in [3.63, 3.8) is 0 Å². The highest BCUT2D eigenvalue weighted by Crippen LogP contribution is 2.49. The van der Waals surface area contributed by atoms with Gasteiger partial charge in [-0.15, -0.1) is 0 Å². The van der Waals surface area contributed by atoms with Gasteiger partial charge in [-0.1, -0.05) is 34.1 Å². The molecule has 1 fully saturated rings. The Balaban J connectivity index is 1.81. The molecule has 1 aliphatic carbocycles. The molecule has 3 rings (SSSR count). The van der Waals surface area contributed by atoms with Gasteiger partial charge in [0.2, 0.25) is 5.91 Å². The molecule has 0 radical (unpaired) electrons. The number of rotatable bonds is 3. The van der Waals surface area contributed by atoms with Crippen molar-refractivity contribution in [3.8, 4) is 0 Å². The van der Waals surface area contributed by atoms with Gasteiger partial charge in [-0.25, -0.2) is 0 Å². The number of halogens is 1. The van der Waals surface area contributed by atoms with Crippen molar-refractivity contribution in [3.05, 3.63) is 58.1 Å². The van der Waals surface area contributed by atoms with E-state index < -0.39 is 0 Å². The lowest BCUT2D eigenvalue weighted by Crippen LogP contribution is -2.27. The lowest BCUT2D eigenvalue weighted by Gasteiger charge is -2.16. The number of anilines is 2. The summed E-state index contributed by atoms with van der Waals surface area (Å²) >= 11 is 3.49. The molecule has 0 saturated heterocycles. The highest BCUT2D eigenvalue weighted by molar-refractivity contribution is 9.10. The van der Waals surface area contributed by atoms with Gasteiger partial charge >= 0.3 is 0 Å². The molecule has 4 heteroatoms. The molecule has 0 unspecified atom stereocenters. The summed E-state index contributed by atoms with van der Waals surface area (Å²) in [6.45, 7) is 2.02. The van der Waals surface area contributed by atoms with Gasteiger partial charge in [0.05, 0.1) is 5.41 Å². The third-order valence-electron chi connectivity index (χ3n) is 4.08. The molecule has 0 aliphatic heterocycles. The third kappa shape index (κ3) is 2.68. The number of hydrogen-bond acceptors (Lipinski definition) is 2. The molecule has 21 heavy (non-hydrogen) atoms. The van der Waals surface area contributed by atoms with E-state index in [0.29, 0.717) is 0 Å². The molecule has 108 valence electrons. The van der Waals surface area contributed by atoms with Crippen LogP contribution in [-0.2, 0) is 10.2 Å². The fourth-order valence-corrected chi connectivity index (χ4v) is 2.87. The third-order valence-corrected chi connectivity index (χ3v) is 4.93. The maximum absolute atomic E-state index is 12.6. The number of hydrogen-bond donors (Lipinski definition) is 2. The highest BCUT2D eigenvalue weighted by atomic mass is 79.9. The Morgan fingerprint density at radius 3 is 2.43 bits per heavy atom. The molecule has 3 nitrogen and oxygen atoms in total. The number of nitrogens with one attached hydrogen (secondary N) is 1. The first-order valence-electron chi connectivity index (χ1n) is 6.95. The largest absolute Gasteiger partial charge is 0.399 e. The average molecular weight is 345 g/mol. The van der Waals surface area contributed by atoms with Crippen LogP contribution in [0.15, 0.2) is 46.9 Å². The van der Waals surface area contributed by atoms with Crippen LogP contribution in [0.2, 0.25) is 0 Å². The SMILES string of the molecule is Cc1ccc(NC(=O)C2(c3ccc(N)cc3)CC2)cc1Br. The van der Waals surface area contributed by atoms with Crippen LogP contribution < -0.4 is 11.1 Å². The molecule has 1 amide bonds. The topological polar surface area (TPSA) is 55.1 Å². The van der Waals surface area contributed by atoms with Crippen molar-refractivity contribution >= 4 is 33.2 Å². The van der Waals surface area contributed by atoms with Crippen LogP contribution in [0, 0.1) is 6.92 Å². The van der Waals surface area contributed by atoms with Crippen LogP contribution in [0.4, 0.5) is 11.4 Å². The average Bonchev–Trinajstić information content (AvgIpc) is 3.25. The Hall–Kier alpha value is -1.81. The number of benzene rings is 2. The zero-order valence-electron chi connectivity index (χ0n) is 11.8. The summed E-state index contributed by atoms with van der Waals surface area (Å²) in [5.41, 5.74) is 9.06. The maximum atomic E-state index is 12.6. The maximum Gasteiger partial charge on any atom is 0.235 e. The minimum absolute atomic E-state index is 0.0584. The summed E-state index contributed by atoms with van der Waals surface area (Å²) in [7, 11) is 0. The Labute approximate surface area is 132 Å². The zero-order valence-corrected chi connectivity index (χ0v) is 13.4. The van der Waals surface area contributed by atoms with Crippen molar-refractivity contribution in [1.82, 2.24) is 0 Å². The van der Waals surface area contributed by atoms with Crippen LogP contribution in [-0.4, -0.2) is 5.91 Å². The van der Waals surface area contributed by atoms with Crippen molar-refractivity contribution in [2.45, 2.75) is 25.2 Å². The molecular formula is C17H17BrN2O. The van der Waals surface area contributed by atoms with E-state index in [1.54, 1.807) is 0 Å². The molecular weight excluding hydrogens is 328 g/mol. The molecule has 3 N–H and O–H groups in total. The smallest absolute Gasteiger partial charge is 0.235 e. The molecule has 1 aliphatic rings. The van der Waals surface area contributed by atoms with Crippen molar-refractivity contribution in [2.75, 3.05) is 11.1 Å². The van der Waals surface area contributed by atoms with Crippen molar-refractivity contribution in [1.29, 1.82) is 0 Å². The monoisotopic (exact) mass is 344 g/mol. The number of carbonyl (C=O) groups is 1. The summed E-state index contributed by atoms with van der Waals surface area (Å²) in [6.07, 6.45) is 1.77. The van der Waals surface area contributed by atoms with Crippen LogP contribution >= 0.6 is 15.9 Å². The Kier molecular flexibility index (Phi) is 3.49. The molecule has 0 spiro atoms. The van der Waals surface area contributed by atoms with Gasteiger partial charge in [0.1, 0.15) is 0 Å². The molecule has 2 aromatic rings. The number of carbonyl (C=O) groups excluding carboxylic acids is 1. The molecule has 0 atom stereocenters. The van der Waals surface area contributed by atoms with Gasteiger partial charge in [0.25, 0.3) is 0 Å². The van der Waals surface area contributed by atoms with Gasteiger partial charge in [-0.3, -0.25) is 4.79 Å². The standard InChI is InChI=1S/C17H17BrN2O/c1-11-2-7-14(10-15(11)18)20-16(21)17(8-9-17)12-3-5-13(19)6-4-12/h2-7,10H,8-9,19H2,1H3,(H,20,21). The normalized spacial score (nSPS) is 15.5. The van der Waals surface area contributed by atoms with E-state index in [9.17, 15) is 4.79 Å². The summed E-state index contributed by atoms with van der Waals surface area (Å²) in [6, 6.07) is 13.5. The number of nitrogens with two attached hydrogens (primary N) is 1. The van der Waals surface area contributed by atoms with E-state index in [0.717, 1.165) is 39.8 Å². The lowest BCUT2D eigenvalue weighted by atomic mass is 9.94. The van der Waals surface area contributed by atoms with Gasteiger partial charge in [0, 0.05) is 15.8 Å². The Bertz CT molecular complexity index is 690. The first-order valence-corrected chi connectivity index (χ1v) is 7.74. The predicted molar refractivity (Wildman–Crippen MR) is 89.3 cm³/mol. The summed E-state index contributed by atoms with van der Waals surface area (Å²) < 4.78 is 0.998. The van der Waals surface area contributed by atoms with Crippen LogP contribution in [0.3, 0.4) is 0 Å². The van der Waals surface area contributed by atoms with Crippen LogP contribution in [0.25, 0.3) is 0 Å². The van der Waals surface area contributed by atoms with E-state index in [2.05, 4.69) is 21.2 Å². The van der Waals surface area contributed by atoms with Gasteiger partial charge in [-0.05, 0) is 55.2 Å². The Morgan fingerprint density at radius 2 is 1.86 bits per heavy atom. The molecule has 2 aromatic carbocycles. The molecule has 1 saturated carbocycles. The predicted octanol–water partition coefficient (Wildman–Crippen LogP) is 4.01. The van der Waals surface area contributed by atoms with Gasteiger partial charge in [0.15, 0.2) is 0 Å². The number of nitrogen functional groups attached to an aromatic ring is 1. The first kappa shape index (κ1) is 14.1. The second-order valence-corrected chi connectivity index (χ2v) is 6.48. The summed E-state index contributed by atoms with van der Waals surface area (Å²) in [5, 5.41) is 3.03. The van der Waals surface area contributed by atoms with E-state index >= 15 is 0 Å². The fourth-order valence-electron chi connectivity index (χ4n) is 2.50. The van der Waals surface area contributed by atoms with Gasteiger partial charge in [-0.2, -0.15) is 0 Å². The molecule has 0 heterocycles. The van der Waals surface area contributed by atoms with Crippen LogP contribution in [0.5, 0.6) is 0 Å². The minimum Gasteiger partial charge on any atom is -0.399 e. The Morgan fingerprint density at radius 1 is 1.19 bits per heavy atom. The molecule has 0 aromatic heterocycles. The zero-order chi connectivity index (χ0) is 15.0. The fraction of sp³-hybridized carbons (Fsp3) is 0.235. The quantitative estimate of drug-likeness (QED) is 0.826. The summed E-state index contributed by atoms with van der Waals surface area (Å²) in [5.74, 6) is 0.0584. The second kappa shape index (κ2) is 5.19. The van der Waals surface area contributed by atoms with E-state index in [1.807, 2.05) is 49.4 Å². The van der Waals surface area contributed by atoms with E-state index in [-0.39, 0.29) is 11.3 Å². The van der Waals surface area contributed by atoms with Crippen molar-refractivity contribution < 1.29 is 4.79 Å².